The number of aromatic hydroxyl groups is 1. The van der Waals surface area contributed by atoms with Gasteiger partial charge in [0.15, 0.2) is 5.82 Å². The van der Waals surface area contributed by atoms with Crippen LogP contribution in [-0.4, -0.2) is 53.0 Å². The quantitative estimate of drug-likeness (QED) is 0.664. The van der Waals surface area contributed by atoms with Crippen LogP contribution in [0.1, 0.15) is 56.1 Å². The van der Waals surface area contributed by atoms with Crippen molar-refractivity contribution < 1.29 is 14.2 Å². The molecule has 1 aromatic heterocycles. The normalized spacial score (nSPS) is 30.0. The van der Waals surface area contributed by atoms with Gasteiger partial charge in [0.05, 0.1) is 17.5 Å². The third kappa shape index (κ3) is 3.56. The molecular weight excluding hydrogens is 400 g/mol. The Hall–Kier alpha value is -1.87. The number of aromatic nitrogens is 2. The first kappa shape index (κ1) is 20.1. The molecule has 7 nitrogen and oxygen atoms in total. The Labute approximate surface area is 179 Å². The number of rotatable bonds is 4. The highest BCUT2D eigenvalue weighted by Crippen LogP contribution is 2.60. The Morgan fingerprint density at radius 3 is 2.73 bits per heavy atom. The van der Waals surface area contributed by atoms with Crippen molar-refractivity contribution >= 4 is 16.6 Å². The SMILES string of the molecule is C[C@H]1C[C@]2(CCN1Cc1ccc(O)c(C3CC3)c1)CCS(O)(O)N2c1cnccn1. The molecule has 2 saturated heterocycles. The van der Waals surface area contributed by atoms with Gasteiger partial charge in [-0.25, -0.2) is 9.29 Å². The zero-order valence-corrected chi connectivity index (χ0v) is 18.1. The lowest BCUT2D eigenvalue weighted by molar-refractivity contribution is 0.102. The van der Waals surface area contributed by atoms with Gasteiger partial charge >= 0.3 is 0 Å². The lowest BCUT2D eigenvalue weighted by Gasteiger charge is -2.51. The van der Waals surface area contributed by atoms with Gasteiger partial charge in [0.25, 0.3) is 0 Å². The molecule has 0 amide bonds. The molecule has 0 radical (unpaired) electrons. The van der Waals surface area contributed by atoms with E-state index in [2.05, 4.69) is 27.9 Å². The molecule has 5 rings (SSSR count). The van der Waals surface area contributed by atoms with Crippen molar-refractivity contribution in [2.45, 2.75) is 63.1 Å². The monoisotopic (exact) mass is 430 g/mol. The summed E-state index contributed by atoms with van der Waals surface area (Å²) < 4.78 is 23.4. The average Bonchev–Trinajstić information content (AvgIpc) is 3.52. The Morgan fingerprint density at radius 1 is 1.20 bits per heavy atom. The van der Waals surface area contributed by atoms with E-state index in [4.69, 9.17) is 0 Å². The number of hydrogen-bond acceptors (Lipinski definition) is 7. The molecule has 1 spiro atoms. The largest absolute Gasteiger partial charge is 0.508 e. The van der Waals surface area contributed by atoms with Crippen LogP contribution in [0.15, 0.2) is 36.8 Å². The maximum absolute atomic E-state index is 10.8. The predicted molar refractivity (Wildman–Crippen MR) is 119 cm³/mol. The molecule has 1 saturated carbocycles. The van der Waals surface area contributed by atoms with E-state index in [0.717, 1.165) is 37.9 Å². The van der Waals surface area contributed by atoms with Crippen LogP contribution in [0, 0.1) is 0 Å². The Morgan fingerprint density at radius 2 is 2.03 bits per heavy atom. The number of piperidine rings is 1. The van der Waals surface area contributed by atoms with E-state index in [1.54, 1.807) is 22.9 Å². The summed E-state index contributed by atoms with van der Waals surface area (Å²) in [5, 5.41) is 10.2. The van der Waals surface area contributed by atoms with Crippen molar-refractivity contribution in [2.24, 2.45) is 0 Å². The lowest BCUT2D eigenvalue weighted by Crippen LogP contribution is -2.55. The van der Waals surface area contributed by atoms with Crippen molar-refractivity contribution in [3.8, 4) is 5.75 Å². The number of likely N-dealkylation sites (tertiary alicyclic amines) is 1. The third-order valence-corrected chi connectivity index (χ3v) is 8.89. The summed E-state index contributed by atoms with van der Waals surface area (Å²) in [5.41, 5.74) is 2.03. The van der Waals surface area contributed by atoms with E-state index in [1.807, 2.05) is 12.1 Å². The fraction of sp³-hybridized carbons (Fsp3) is 0.545. The van der Waals surface area contributed by atoms with Crippen LogP contribution < -0.4 is 4.31 Å². The van der Waals surface area contributed by atoms with Crippen LogP contribution >= 0.6 is 10.8 Å². The third-order valence-electron chi connectivity index (χ3n) is 6.98. The molecule has 0 unspecified atom stereocenters. The zero-order chi connectivity index (χ0) is 20.9. The lowest BCUT2D eigenvalue weighted by atomic mass is 9.81. The molecule has 2 atom stereocenters. The van der Waals surface area contributed by atoms with Crippen LogP contribution in [-0.2, 0) is 6.54 Å². The van der Waals surface area contributed by atoms with Crippen molar-refractivity contribution in [3.05, 3.63) is 47.9 Å². The van der Waals surface area contributed by atoms with Gasteiger partial charge in [-0.05, 0) is 62.1 Å². The predicted octanol–water partition coefficient (Wildman–Crippen LogP) is 4.36. The molecule has 3 heterocycles. The van der Waals surface area contributed by atoms with E-state index in [0.29, 0.717) is 29.3 Å². The zero-order valence-electron chi connectivity index (χ0n) is 17.3. The first-order valence-corrected chi connectivity index (χ1v) is 12.4. The second kappa shape index (κ2) is 7.37. The van der Waals surface area contributed by atoms with E-state index < -0.39 is 10.8 Å². The summed E-state index contributed by atoms with van der Waals surface area (Å²) >= 11 is 0. The van der Waals surface area contributed by atoms with Crippen molar-refractivity contribution in [1.29, 1.82) is 0 Å². The standard InChI is InChI=1S/C22H30N4O3S/c1-16-13-22(7-11-30(28,29)26(22)21-14-23-8-9-24-21)6-10-25(16)15-17-2-5-20(27)19(12-17)18-3-4-18/h2,5,8-9,12,14,16,18,27-29H,3-4,6-7,10-11,13,15H2,1H3/t16-,22-/m0/s1. The van der Waals surface area contributed by atoms with Gasteiger partial charge in [0.1, 0.15) is 5.75 Å². The summed E-state index contributed by atoms with van der Waals surface area (Å²) in [6.45, 7) is 3.95. The molecule has 3 aliphatic rings. The summed E-state index contributed by atoms with van der Waals surface area (Å²) in [4.78, 5) is 11.0. The number of anilines is 1. The molecule has 1 aliphatic carbocycles. The fourth-order valence-electron chi connectivity index (χ4n) is 5.28. The number of nitrogens with zero attached hydrogens (tertiary/aromatic N) is 4. The van der Waals surface area contributed by atoms with E-state index in [9.17, 15) is 14.2 Å². The molecule has 162 valence electrons. The van der Waals surface area contributed by atoms with E-state index in [-0.39, 0.29) is 5.54 Å². The number of phenols is 1. The minimum Gasteiger partial charge on any atom is -0.508 e. The van der Waals surface area contributed by atoms with Crippen molar-refractivity contribution in [3.63, 3.8) is 0 Å². The number of benzene rings is 1. The topological polar surface area (TPSA) is 93.0 Å². The molecule has 3 N–H and O–H groups in total. The Kier molecular flexibility index (Phi) is 4.93. The van der Waals surface area contributed by atoms with E-state index in [1.165, 1.54) is 18.4 Å². The first-order valence-electron chi connectivity index (χ1n) is 10.8. The minimum absolute atomic E-state index is 0.293. The average molecular weight is 431 g/mol. The van der Waals surface area contributed by atoms with Gasteiger partial charge in [-0.1, -0.05) is 12.1 Å². The number of hydrogen-bond donors (Lipinski definition) is 3. The van der Waals surface area contributed by atoms with E-state index >= 15 is 0 Å². The maximum atomic E-state index is 10.8. The van der Waals surface area contributed by atoms with Crippen LogP contribution in [0.2, 0.25) is 0 Å². The van der Waals surface area contributed by atoms with Gasteiger partial charge < -0.3 is 5.11 Å². The summed E-state index contributed by atoms with van der Waals surface area (Å²) in [6, 6.07) is 6.32. The van der Waals surface area contributed by atoms with Gasteiger partial charge in [-0.15, -0.1) is 10.8 Å². The second-order valence-electron chi connectivity index (χ2n) is 9.11. The molecular formula is C22H30N4O3S. The minimum atomic E-state index is -2.88. The smallest absolute Gasteiger partial charge is 0.165 e. The Bertz CT molecular complexity index is 924. The summed E-state index contributed by atoms with van der Waals surface area (Å²) in [7, 11) is -2.88. The highest BCUT2D eigenvalue weighted by Gasteiger charge is 2.53. The first-order chi connectivity index (χ1) is 14.4. The fourth-order valence-corrected chi connectivity index (χ4v) is 7.38. The molecule has 2 aliphatic heterocycles. The second-order valence-corrected chi connectivity index (χ2v) is 11.1. The molecule has 8 heteroatoms. The van der Waals surface area contributed by atoms with Gasteiger partial charge in [-0.2, -0.15) is 0 Å². The van der Waals surface area contributed by atoms with Crippen molar-refractivity contribution in [2.75, 3.05) is 16.6 Å². The number of phenolic OH excluding ortho intramolecular Hbond substituents is 1. The van der Waals surface area contributed by atoms with Gasteiger partial charge in [0, 0.05) is 31.5 Å². The van der Waals surface area contributed by atoms with Crippen molar-refractivity contribution in [1.82, 2.24) is 14.9 Å². The highest BCUT2D eigenvalue weighted by molar-refractivity contribution is 8.25. The van der Waals surface area contributed by atoms with Crippen LogP contribution in [0.3, 0.4) is 0 Å². The Balaban J connectivity index is 1.34. The van der Waals surface area contributed by atoms with Gasteiger partial charge in [-0.3, -0.25) is 19.0 Å². The van der Waals surface area contributed by atoms with Crippen LogP contribution in [0.25, 0.3) is 0 Å². The summed E-state index contributed by atoms with van der Waals surface area (Å²) in [6.07, 6.45) is 9.66. The molecule has 0 bridgehead atoms. The molecule has 2 aromatic rings. The maximum Gasteiger partial charge on any atom is 0.165 e. The summed E-state index contributed by atoms with van der Waals surface area (Å²) in [5.74, 6) is 1.89. The van der Waals surface area contributed by atoms with Crippen LogP contribution in [0.5, 0.6) is 5.75 Å². The van der Waals surface area contributed by atoms with Gasteiger partial charge in [0.2, 0.25) is 0 Å². The molecule has 30 heavy (non-hydrogen) atoms. The molecule has 1 aromatic carbocycles. The van der Waals surface area contributed by atoms with Crippen LogP contribution in [0.4, 0.5) is 5.82 Å². The molecule has 3 fully saturated rings. The highest BCUT2D eigenvalue weighted by atomic mass is 32.3.